The smallest absolute Gasteiger partial charge is 0.0209 e. The third kappa shape index (κ3) is 2.36. The van der Waals surface area contributed by atoms with Crippen LogP contribution in [0.3, 0.4) is 0 Å². The van der Waals surface area contributed by atoms with E-state index in [4.69, 9.17) is 0 Å². The Bertz CT molecular complexity index is 136. The van der Waals surface area contributed by atoms with Crippen molar-refractivity contribution in [1.29, 1.82) is 0 Å². The van der Waals surface area contributed by atoms with Gasteiger partial charge in [-0.15, -0.1) is 0 Å². The molecule has 1 unspecified atom stereocenters. The maximum absolute atomic E-state index is 10.4. The van der Waals surface area contributed by atoms with Crippen LogP contribution in [0.1, 0.15) is 19.8 Å². The summed E-state index contributed by atoms with van der Waals surface area (Å²) < 4.78 is 22.3. The average Bonchev–Trinajstić information content (AvgIpc) is 2.64. The summed E-state index contributed by atoms with van der Waals surface area (Å²) in [4.78, 5) is 0. The number of nitrogens with zero attached hydrogens (tertiary/aromatic N) is 1. The minimum Gasteiger partial charge on any atom is -0.760 e. The molecule has 0 aromatic heterocycles. The van der Waals surface area contributed by atoms with Crippen LogP contribution < -0.4 is 0 Å². The highest BCUT2D eigenvalue weighted by Gasteiger charge is 2.23. The van der Waals surface area contributed by atoms with Gasteiger partial charge in [-0.2, -0.15) is 0 Å². The quantitative estimate of drug-likeness (QED) is 0.565. The monoisotopic (exact) mass is 162 g/mol. The first-order valence-electron chi connectivity index (χ1n) is 3.58. The third-order valence-corrected chi connectivity index (χ3v) is 2.55. The molecule has 1 rings (SSSR count). The van der Waals surface area contributed by atoms with E-state index in [-0.39, 0.29) is 0 Å². The molecule has 0 spiro atoms. The van der Waals surface area contributed by atoms with E-state index in [2.05, 4.69) is 0 Å². The fourth-order valence-electron chi connectivity index (χ4n) is 0.884. The van der Waals surface area contributed by atoms with Crippen molar-refractivity contribution >= 4 is 11.3 Å². The second-order valence-corrected chi connectivity index (χ2v) is 3.59. The van der Waals surface area contributed by atoms with Crippen LogP contribution in [0.5, 0.6) is 0 Å². The number of rotatable bonds is 4. The van der Waals surface area contributed by atoms with Crippen molar-refractivity contribution in [3.8, 4) is 0 Å². The van der Waals surface area contributed by atoms with Gasteiger partial charge in [-0.1, -0.05) is 6.92 Å². The average molecular weight is 162 g/mol. The molecule has 1 fully saturated rings. The highest BCUT2D eigenvalue weighted by molar-refractivity contribution is 7.76. The molecular weight excluding hydrogens is 150 g/mol. The van der Waals surface area contributed by atoms with Crippen molar-refractivity contribution in [2.24, 2.45) is 5.92 Å². The van der Waals surface area contributed by atoms with Gasteiger partial charge in [0.1, 0.15) is 0 Å². The zero-order valence-corrected chi connectivity index (χ0v) is 6.89. The fourth-order valence-corrected chi connectivity index (χ4v) is 1.43. The Morgan fingerprint density at radius 1 is 1.70 bits per heavy atom. The second-order valence-electron chi connectivity index (χ2n) is 2.64. The molecule has 0 radical (unpaired) electrons. The van der Waals surface area contributed by atoms with Crippen LogP contribution in [0.2, 0.25) is 0 Å². The Labute approximate surface area is 63.8 Å². The van der Waals surface area contributed by atoms with E-state index < -0.39 is 11.3 Å². The molecule has 1 aliphatic carbocycles. The summed E-state index contributed by atoms with van der Waals surface area (Å²) in [5.41, 5.74) is 0. The molecule has 1 saturated carbocycles. The van der Waals surface area contributed by atoms with Gasteiger partial charge in [0.25, 0.3) is 0 Å². The van der Waals surface area contributed by atoms with Crippen LogP contribution in [0.4, 0.5) is 0 Å². The van der Waals surface area contributed by atoms with Gasteiger partial charge in [0, 0.05) is 24.4 Å². The predicted molar refractivity (Wildman–Crippen MR) is 38.9 cm³/mol. The highest BCUT2D eigenvalue weighted by Crippen LogP contribution is 2.29. The lowest BCUT2D eigenvalue weighted by atomic mass is 10.4. The SMILES string of the molecule is CCN(CC1CC1)S(=O)[O-]. The van der Waals surface area contributed by atoms with Gasteiger partial charge in [-0.3, -0.25) is 4.21 Å². The summed E-state index contributed by atoms with van der Waals surface area (Å²) in [6.45, 7) is 3.19. The Hall–Kier alpha value is 0.0700. The van der Waals surface area contributed by atoms with Crippen molar-refractivity contribution in [2.75, 3.05) is 13.1 Å². The van der Waals surface area contributed by atoms with Crippen LogP contribution in [0.25, 0.3) is 0 Å². The summed E-state index contributed by atoms with van der Waals surface area (Å²) in [5, 5.41) is 0. The van der Waals surface area contributed by atoms with E-state index in [1.807, 2.05) is 6.92 Å². The zero-order valence-electron chi connectivity index (χ0n) is 6.08. The van der Waals surface area contributed by atoms with E-state index in [1.54, 1.807) is 0 Å². The standard InChI is InChI=1S/C6H13NO2S/c1-2-7(10(8)9)5-6-3-4-6/h6H,2-5H2,1H3,(H,8,9)/p-1. The van der Waals surface area contributed by atoms with Gasteiger partial charge in [0.05, 0.1) is 0 Å². The van der Waals surface area contributed by atoms with Crippen LogP contribution in [0, 0.1) is 5.92 Å². The van der Waals surface area contributed by atoms with Gasteiger partial charge >= 0.3 is 0 Å². The Balaban J connectivity index is 2.24. The molecule has 0 aromatic carbocycles. The summed E-state index contributed by atoms with van der Waals surface area (Å²) in [5.74, 6) is 0.651. The molecule has 0 heterocycles. The van der Waals surface area contributed by atoms with E-state index in [1.165, 1.54) is 17.1 Å². The summed E-state index contributed by atoms with van der Waals surface area (Å²) in [7, 11) is 0. The largest absolute Gasteiger partial charge is 0.760 e. The molecule has 4 heteroatoms. The molecule has 0 saturated heterocycles. The summed E-state index contributed by atoms with van der Waals surface area (Å²) >= 11 is -2.00. The maximum atomic E-state index is 10.4. The van der Waals surface area contributed by atoms with Crippen LogP contribution >= 0.6 is 0 Å². The first-order chi connectivity index (χ1) is 4.74. The van der Waals surface area contributed by atoms with Gasteiger partial charge in [0.2, 0.25) is 0 Å². The van der Waals surface area contributed by atoms with Crippen molar-refractivity contribution in [1.82, 2.24) is 4.31 Å². The molecule has 3 nitrogen and oxygen atoms in total. The predicted octanol–water partition coefficient (Wildman–Crippen LogP) is 0.512. The Morgan fingerprint density at radius 3 is 2.60 bits per heavy atom. The molecule has 60 valence electrons. The molecule has 1 atom stereocenters. The van der Waals surface area contributed by atoms with Gasteiger partial charge in [-0.25, -0.2) is 4.31 Å². The molecule has 0 aromatic rings. The highest BCUT2D eigenvalue weighted by atomic mass is 32.2. The molecule has 0 bridgehead atoms. The van der Waals surface area contributed by atoms with E-state index in [0.717, 1.165) is 6.54 Å². The molecule has 10 heavy (non-hydrogen) atoms. The zero-order chi connectivity index (χ0) is 7.56. The van der Waals surface area contributed by atoms with E-state index in [9.17, 15) is 8.76 Å². The minimum atomic E-state index is -2.00. The Morgan fingerprint density at radius 2 is 2.30 bits per heavy atom. The maximum Gasteiger partial charge on any atom is 0.0209 e. The van der Waals surface area contributed by atoms with Crippen LogP contribution in [-0.2, 0) is 11.3 Å². The van der Waals surface area contributed by atoms with Crippen LogP contribution in [-0.4, -0.2) is 26.2 Å². The Kier molecular flexibility index (Phi) is 2.82. The van der Waals surface area contributed by atoms with Crippen molar-refractivity contribution < 1.29 is 8.76 Å². The van der Waals surface area contributed by atoms with Gasteiger partial charge in [-0.05, 0) is 18.8 Å². The van der Waals surface area contributed by atoms with Crippen LogP contribution in [0.15, 0.2) is 0 Å². The topological polar surface area (TPSA) is 43.4 Å². The normalized spacial score (nSPS) is 21.5. The minimum absolute atomic E-state index is 0.604. The van der Waals surface area contributed by atoms with Gasteiger partial charge < -0.3 is 4.55 Å². The summed E-state index contributed by atoms with van der Waals surface area (Å²) in [6, 6.07) is 0. The van der Waals surface area contributed by atoms with Gasteiger partial charge in [0.15, 0.2) is 0 Å². The number of hydrogen-bond acceptors (Lipinski definition) is 2. The summed E-state index contributed by atoms with van der Waals surface area (Å²) in [6.07, 6.45) is 2.40. The van der Waals surface area contributed by atoms with Crippen molar-refractivity contribution in [3.05, 3.63) is 0 Å². The first kappa shape index (κ1) is 8.17. The molecule has 1 aliphatic rings. The van der Waals surface area contributed by atoms with Crippen molar-refractivity contribution in [2.45, 2.75) is 19.8 Å². The van der Waals surface area contributed by atoms with E-state index >= 15 is 0 Å². The lowest BCUT2D eigenvalue weighted by Crippen LogP contribution is -2.27. The van der Waals surface area contributed by atoms with Crippen molar-refractivity contribution in [3.63, 3.8) is 0 Å². The second kappa shape index (κ2) is 3.46. The number of hydrogen-bond donors (Lipinski definition) is 0. The molecule has 0 aliphatic heterocycles. The third-order valence-electron chi connectivity index (χ3n) is 1.72. The lowest BCUT2D eigenvalue weighted by molar-refractivity contribution is 0.388. The molecular formula is C6H12NO2S-. The van der Waals surface area contributed by atoms with E-state index in [0.29, 0.717) is 12.5 Å². The first-order valence-corrected chi connectivity index (χ1v) is 4.61. The molecule has 0 amide bonds. The fraction of sp³-hybridized carbons (Fsp3) is 1.00. The molecule has 0 N–H and O–H groups in total. The lowest BCUT2D eigenvalue weighted by Gasteiger charge is -2.21.